The third kappa shape index (κ3) is 4.15. The lowest BCUT2D eigenvalue weighted by Crippen LogP contribution is -2.43. The Morgan fingerprint density at radius 3 is 2.47 bits per heavy atom. The van der Waals surface area contributed by atoms with E-state index in [9.17, 15) is 5.11 Å². The molecule has 0 radical (unpaired) electrons. The molecular weight excluding hydrogens is 242 g/mol. The van der Waals surface area contributed by atoms with E-state index in [1.54, 1.807) is 0 Å². The first-order valence-electron chi connectivity index (χ1n) is 7.68. The molecule has 4 heteroatoms. The maximum atomic E-state index is 10.3. The fourth-order valence-electron chi connectivity index (χ4n) is 3.27. The minimum atomic E-state index is -0.493. The third-order valence-corrected chi connectivity index (χ3v) is 4.76. The van der Waals surface area contributed by atoms with Gasteiger partial charge in [0.2, 0.25) is 0 Å². The van der Waals surface area contributed by atoms with Crippen molar-refractivity contribution in [3.05, 3.63) is 0 Å². The Hall–Kier alpha value is -0.160. The highest BCUT2D eigenvalue weighted by molar-refractivity contribution is 4.88. The van der Waals surface area contributed by atoms with Crippen molar-refractivity contribution in [1.82, 2.24) is 0 Å². The van der Waals surface area contributed by atoms with Crippen LogP contribution in [0.3, 0.4) is 0 Å². The zero-order valence-corrected chi connectivity index (χ0v) is 12.3. The molecule has 4 nitrogen and oxygen atoms in total. The predicted octanol–water partition coefficient (Wildman–Crippen LogP) is 2.19. The van der Waals surface area contributed by atoms with E-state index < -0.39 is 6.10 Å². The van der Waals surface area contributed by atoms with E-state index in [0.29, 0.717) is 19.1 Å². The van der Waals surface area contributed by atoms with E-state index in [2.05, 4.69) is 0 Å². The molecule has 0 amide bonds. The van der Waals surface area contributed by atoms with Gasteiger partial charge in [0.05, 0.1) is 17.8 Å². The SMILES string of the molecule is CC1(C)OCO[C@@H]1C[C@H](O)[C@@H](N)CC1CCCCC1. The zero-order chi connectivity index (χ0) is 13.9. The van der Waals surface area contributed by atoms with Gasteiger partial charge in [0, 0.05) is 12.5 Å². The van der Waals surface area contributed by atoms with Crippen LogP contribution in [0.2, 0.25) is 0 Å². The molecule has 1 saturated carbocycles. The minimum absolute atomic E-state index is 0.0556. The van der Waals surface area contributed by atoms with E-state index in [4.69, 9.17) is 15.2 Å². The van der Waals surface area contributed by atoms with Crippen LogP contribution in [-0.4, -0.2) is 35.8 Å². The summed E-state index contributed by atoms with van der Waals surface area (Å²) < 4.78 is 11.1. The van der Waals surface area contributed by atoms with Gasteiger partial charge in [-0.2, -0.15) is 0 Å². The molecule has 112 valence electrons. The second-order valence-electron chi connectivity index (χ2n) is 6.73. The van der Waals surface area contributed by atoms with Crippen molar-refractivity contribution in [2.45, 2.75) is 82.6 Å². The fraction of sp³-hybridized carbons (Fsp3) is 1.00. The summed E-state index contributed by atoms with van der Waals surface area (Å²) in [5.41, 5.74) is 5.85. The molecule has 0 spiro atoms. The highest BCUT2D eigenvalue weighted by Gasteiger charge is 2.39. The molecule has 0 aromatic rings. The largest absolute Gasteiger partial charge is 0.391 e. The average Bonchev–Trinajstić information content (AvgIpc) is 2.70. The lowest BCUT2D eigenvalue weighted by molar-refractivity contribution is 0.0117. The van der Waals surface area contributed by atoms with Gasteiger partial charge < -0.3 is 20.3 Å². The van der Waals surface area contributed by atoms with Gasteiger partial charge in [0.1, 0.15) is 6.79 Å². The van der Waals surface area contributed by atoms with E-state index in [1.165, 1.54) is 32.1 Å². The second kappa shape index (κ2) is 6.53. The summed E-state index contributed by atoms with van der Waals surface area (Å²) in [6, 6.07) is -0.136. The molecule has 2 fully saturated rings. The van der Waals surface area contributed by atoms with Crippen molar-refractivity contribution >= 4 is 0 Å². The lowest BCUT2D eigenvalue weighted by atomic mass is 9.83. The Bertz CT molecular complexity index is 277. The highest BCUT2D eigenvalue weighted by Crippen LogP contribution is 2.31. The quantitative estimate of drug-likeness (QED) is 0.804. The molecule has 2 rings (SSSR count). The first-order valence-corrected chi connectivity index (χ1v) is 7.68. The molecule has 1 aliphatic heterocycles. The Morgan fingerprint density at radius 2 is 1.89 bits per heavy atom. The van der Waals surface area contributed by atoms with Crippen LogP contribution in [0.15, 0.2) is 0 Å². The number of hydrogen-bond donors (Lipinski definition) is 2. The van der Waals surface area contributed by atoms with Crippen molar-refractivity contribution in [2.75, 3.05) is 6.79 Å². The third-order valence-electron chi connectivity index (χ3n) is 4.76. The smallest absolute Gasteiger partial charge is 0.148 e. The van der Waals surface area contributed by atoms with Gasteiger partial charge in [-0.3, -0.25) is 0 Å². The van der Waals surface area contributed by atoms with Gasteiger partial charge in [-0.25, -0.2) is 0 Å². The van der Waals surface area contributed by atoms with Gasteiger partial charge in [-0.1, -0.05) is 32.1 Å². The molecular formula is C15H29NO3. The summed E-state index contributed by atoms with van der Waals surface area (Å²) in [5, 5.41) is 10.3. The first kappa shape index (κ1) is 15.2. The van der Waals surface area contributed by atoms with Crippen LogP contribution in [0.5, 0.6) is 0 Å². The maximum absolute atomic E-state index is 10.3. The number of aliphatic hydroxyl groups excluding tert-OH is 1. The number of ether oxygens (including phenoxy) is 2. The van der Waals surface area contributed by atoms with Crippen LogP contribution in [0.25, 0.3) is 0 Å². The second-order valence-corrected chi connectivity index (χ2v) is 6.73. The zero-order valence-electron chi connectivity index (χ0n) is 12.3. The molecule has 1 aliphatic carbocycles. The molecule has 0 aromatic heterocycles. The van der Waals surface area contributed by atoms with Crippen LogP contribution in [0.1, 0.15) is 58.8 Å². The van der Waals surface area contributed by atoms with E-state index in [0.717, 1.165) is 6.42 Å². The van der Waals surface area contributed by atoms with Gasteiger partial charge in [-0.15, -0.1) is 0 Å². The number of rotatable bonds is 5. The lowest BCUT2D eigenvalue weighted by Gasteiger charge is -2.30. The van der Waals surface area contributed by atoms with Crippen molar-refractivity contribution in [2.24, 2.45) is 11.7 Å². The predicted molar refractivity (Wildman–Crippen MR) is 74.7 cm³/mol. The number of nitrogens with two attached hydrogens (primary N) is 1. The molecule has 0 aromatic carbocycles. The molecule has 3 atom stereocenters. The summed E-state index contributed by atoms with van der Waals surface area (Å²) in [4.78, 5) is 0. The van der Waals surface area contributed by atoms with Crippen molar-refractivity contribution in [3.8, 4) is 0 Å². The Balaban J connectivity index is 1.76. The Kier molecular flexibility index (Phi) is 5.23. The highest BCUT2D eigenvalue weighted by atomic mass is 16.7. The molecule has 2 aliphatic rings. The monoisotopic (exact) mass is 271 g/mol. The molecule has 3 N–H and O–H groups in total. The van der Waals surface area contributed by atoms with E-state index in [1.807, 2.05) is 13.8 Å². The van der Waals surface area contributed by atoms with Crippen molar-refractivity contribution < 1.29 is 14.6 Å². The molecule has 0 unspecified atom stereocenters. The topological polar surface area (TPSA) is 64.7 Å². The van der Waals surface area contributed by atoms with Gasteiger partial charge in [0.15, 0.2) is 0 Å². The van der Waals surface area contributed by atoms with Crippen LogP contribution in [0.4, 0.5) is 0 Å². The van der Waals surface area contributed by atoms with Gasteiger partial charge in [-0.05, 0) is 26.2 Å². The maximum Gasteiger partial charge on any atom is 0.148 e. The summed E-state index contributed by atoms with van der Waals surface area (Å²) in [7, 11) is 0. The molecule has 19 heavy (non-hydrogen) atoms. The summed E-state index contributed by atoms with van der Waals surface area (Å²) in [6.07, 6.45) is 7.50. The van der Waals surface area contributed by atoms with Crippen LogP contribution in [0, 0.1) is 5.92 Å². The van der Waals surface area contributed by atoms with Gasteiger partial charge >= 0.3 is 0 Å². The summed E-state index contributed by atoms with van der Waals surface area (Å²) >= 11 is 0. The van der Waals surface area contributed by atoms with E-state index in [-0.39, 0.29) is 17.7 Å². The summed E-state index contributed by atoms with van der Waals surface area (Å²) in [6.45, 7) is 4.33. The Labute approximate surface area is 116 Å². The van der Waals surface area contributed by atoms with Crippen molar-refractivity contribution in [3.63, 3.8) is 0 Å². The van der Waals surface area contributed by atoms with Crippen LogP contribution >= 0.6 is 0 Å². The number of aliphatic hydroxyl groups is 1. The van der Waals surface area contributed by atoms with Crippen molar-refractivity contribution in [1.29, 1.82) is 0 Å². The number of hydrogen-bond acceptors (Lipinski definition) is 4. The van der Waals surface area contributed by atoms with Crippen LogP contribution in [-0.2, 0) is 9.47 Å². The normalized spacial score (nSPS) is 31.3. The van der Waals surface area contributed by atoms with Gasteiger partial charge in [0.25, 0.3) is 0 Å². The van der Waals surface area contributed by atoms with E-state index >= 15 is 0 Å². The Morgan fingerprint density at radius 1 is 1.21 bits per heavy atom. The summed E-state index contributed by atoms with van der Waals surface area (Å²) in [5.74, 6) is 0.701. The first-order chi connectivity index (χ1) is 8.99. The molecule has 0 bridgehead atoms. The minimum Gasteiger partial charge on any atom is -0.391 e. The molecule has 1 heterocycles. The van der Waals surface area contributed by atoms with Crippen LogP contribution < -0.4 is 5.73 Å². The average molecular weight is 271 g/mol. The molecule has 1 saturated heterocycles. The standard InChI is InChI=1S/C15H29NO3/c1-15(2)14(18-10-19-15)9-13(17)12(16)8-11-6-4-3-5-7-11/h11-14,17H,3-10,16H2,1-2H3/t12-,13-,14+/m0/s1. The fourth-order valence-corrected chi connectivity index (χ4v) is 3.27.